The molecule has 10 heteroatoms. The lowest BCUT2D eigenvalue weighted by molar-refractivity contribution is 0.0981. The minimum Gasteiger partial charge on any atom is -0.475 e. The molecule has 4 heterocycles. The smallest absolute Gasteiger partial charge is 0.281 e. The summed E-state index contributed by atoms with van der Waals surface area (Å²) in [6.07, 6.45) is 6.95. The van der Waals surface area contributed by atoms with Crippen LogP contribution in [0.15, 0.2) is 53.7 Å². The molecule has 194 valence electrons. The second-order valence-corrected chi connectivity index (χ2v) is 11.6. The van der Waals surface area contributed by atoms with Crippen LogP contribution in [0.4, 0.5) is 5.82 Å². The Labute approximate surface area is 217 Å². The van der Waals surface area contributed by atoms with Crippen molar-refractivity contribution in [3.8, 4) is 17.1 Å². The summed E-state index contributed by atoms with van der Waals surface area (Å²) in [4.78, 5) is 29.0. The number of ether oxygens (including phenoxy) is 1. The molecule has 0 atom stereocenters. The van der Waals surface area contributed by atoms with Gasteiger partial charge in [0.15, 0.2) is 5.03 Å². The Morgan fingerprint density at radius 3 is 2.49 bits per heavy atom. The van der Waals surface area contributed by atoms with E-state index in [0.717, 1.165) is 44.2 Å². The molecular weight excluding hydrogens is 490 g/mol. The van der Waals surface area contributed by atoms with E-state index >= 15 is 0 Å². The number of carbonyl (C=O) groups is 1. The molecule has 1 saturated carbocycles. The van der Waals surface area contributed by atoms with E-state index in [1.807, 2.05) is 19.9 Å². The van der Waals surface area contributed by atoms with Crippen molar-refractivity contribution in [3.05, 3.63) is 59.9 Å². The number of hydrogen-bond acceptors (Lipinski definition) is 8. The topological polar surface area (TPSA) is 114 Å². The van der Waals surface area contributed by atoms with Gasteiger partial charge in [-0.1, -0.05) is 6.07 Å². The van der Waals surface area contributed by atoms with Gasteiger partial charge in [0.1, 0.15) is 5.82 Å². The van der Waals surface area contributed by atoms with Gasteiger partial charge in [-0.15, -0.1) is 0 Å². The molecule has 0 bridgehead atoms. The van der Waals surface area contributed by atoms with Crippen LogP contribution >= 0.6 is 0 Å². The predicted molar refractivity (Wildman–Crippen MR) is 140 cm³/mol. The van der Waals surface area contributed by atoms with Gasteiger partial charge in [-0.25, -0.2) is 19.7 Å². The standard InChI is InChI=1S/C27H31N5O4S/c1-18(2)36-23-12-9-20(17-28-23)22-11-10-21(25(30-22)32-16-6-15-27(32)13-5-14-27)26(33)31-37(34,35)24-8-4-7-19(3)29-24/h4,7-12,17-18H,5-6,13-16H2,1-3H3,(H,31,33). The van der Waals surface area contributed by atoms with E-state index in [4.69, 9.17) is 9.72 Å². The molecular formula is C27H31N5O4S. The first-order valence-corrected chi connectivity index (χ1v) is 14.1. The summed E-state index contributed by atoms with van der Waals surface area (Å²) in [5, 5.41) is -0.196. The fraction of sp³-hybridized carbons (Fsp3) is 0.407. The van der Waals surface area contributed by atoms with E-state index in [-0.39, 0.29) is 22.2 Å². The van der Waals surface area contributed by atoms with Crippen molar-refractivity contribution >= 4 is 21.7 Å². The lowest BCUT2D eigenvalue weighted by Crippen LogP contribution is -2.50. The SMILES string of the molecule is Cc1cccc(S(=O)(=O)NC(=O)c2ccc(-c3ccc(OC(C)C)nc3)nc2N2CCCC23CCC3)n1. The van der Waals surface area contributed by atoms with Crippen LogP contribution in [0.25, 0.3) is 11.3 Å². The summed E-state index contributed by atoms with van der Waals surface area (Å²) in [6, 6.07) is 11.7. The molecule has 2 fully saturated rings. The lowest BCUT2D eigenvalue weighted by Gasteiger charge is -2.47. The monoisotopic (exact) mass is 521 g/mol. The number of carbonyl (C=O) groups excluding carboxylic acids is 1. The number of nitrogens with zero attached hydrogens (tertiary/aromatic N) is 4. The zero-order valence-electron chi connectivity index (χ0n) is 21.3. The van der Waals surface area contributed by atoms with Gasteiger partial charge in [-0.05, 0) is 83.2 Å². The Morgan fingerprint density at radius 2 is 1.84 bits per heavy atom. The summed E-state index contributed by atoms with van der Waals surface area (Å²) >= 11 is 0. The van der Waals surface area contributed by atoms with Crippen LogP contribution in [0.5, 0.6) is 5.88 Å². The number of aromatic nitrogens is 3. The molecule has 0 unspecified atom stereocenters. The van der Waals surface area contributed by atoms with E-state index in [1.54, 1.807) is 43.5 Å². The summed E-state index contributed by atoms with van der Waals surface area (Å²) in [5.41, 5.74) is 2.18. The van der Waals surface area contributed by atoms with Gasteiger partial charge in [0.05, 0.1) is 17.4 Å². The number of sulfonamides is 1. The first kappa shape index (κ1) is 25.1. The highest BCUT2D eigenvalue weighted by molar-refractivity contribution is 7.90. The first-order chi connectivity index (χ1) is 17.7. The Kier molecular flexibility index (Phi) is 6.61. The minimum absolute atomic E-state index is 0.0148. The van der Waals surface area contributed by atoms with Crippen molar-refractivity contribution in [1.29, 1.82) is 0 Å². The number of hydrogen-bond donors (Lipinski definition) is 1. The zero-order valence-corrected chi connectivity index (χ0v) is 22.1. The Hall–Kier alpha value is -3.53. The number of amides is 1. The number of anilines is 1. The van der Waals surface area contributed by atoms with Crippen molar-refractivity contribution in [2.45, 2.75) is 69.5 Å². The third kappa shape index (κ3) is 5.02. The van der Waals surface area contributed by atoms with E-state index in [1.165, 1.54) is 6.07 Å². The van der Waals surface area contributed by atoms with Crippen LogP contribution in [-0.4, -0.2) is 47.5 Å². The average molecular weight is 522 g/mol. The summed E-state index contributed by atoms with van der Waals surface area (Å²) in [6.45, 7) is 6.34. The van der Waals surface area contributed by atoms with Crippen molar-refractivity contribution in [3.63, 3.8) is 0 Å². The molecule has 1 N–H and O–H groups in total. The van der Waals surface area contributed by atoms with Gasteiger partial charge >= 0.3 is 0 Å². The van der Waals surface area contributed by atoms with Crippen molar-refractivity contribution in [2.75, 3.05) is 11.4 Å². The molecule has 0 radical (unpaired) electrons. The van der Waals surface area contributed by atoms with Crippen LogP contribution in [0.1, 0.15) is 62.0 Å². The fourth-order valence-corrected chi connectivity index (χ4v) is 6.09. The van der Waals surface area contributed by atoms with E-state index in [9.17, 15) is 13.2 Å². The number of pyridine rings is 3. The van der Waals surface area contributed by atoms with E-state index in [0.29, 0.717) is 23.1 Å². The number of rotatable bonds is 7. The van der Waals surface area contributed by atoms with Crippen LogP contribution in [0, 0.1) is 6.92 Å². The summed E-state index contributed by atoms with van der Waals surface area (Å²) in [5.74, 6) is 0.303. The highest BCUT2D eigenvalue weighted by Gasteiger charge is 2.47. The van der Waals surface area contributed by atoms with Gasteiger partial charge in [0, 0.05) is 35.6 Å². The largest absolute Gasteiger partial charge is 0.475 e. The van der Waals surface area contributed by atoms with Crippen molar-refractivity contribution in [1.82, 2.24) is 19.7 Å². The Balaban J connectivity index is 1.51. The maximum absolute atomic E-state index is 13.4. The number of nitrogens with one attached hydrogen (secondary N) is 1. The molecule has 37 heavy (non-hydrogen) atoms. The van der Waals surface area contributed by atoms with Gasteiger partial charge in [-0.3, -0.25) is 4.79 Å². The summed E-state index contributed by atoms with van der Waals surface area (Å²) in [7, 11) is -4.15. The quantitative estimate of drug-likeness (QED) is 0.490. The molecule has 1 aliphatic heterocycles. The van der Waals surface area contributed by atoms with Gasteiger partial charge in [0.2, 0.25) is 5.88 Å². The van der Waals surface area contributed by atoms with E-state index in [2.05, 4.69) is 19.6 Å². The summed E-state index contributed by atoms with van der Waals surface area (Å²) < 4.78 is 33.7. The first-order valence-electron chi connectivity index (χ1n) is 12.6. The molecule has 5 rings (SSSR count). The lowest BCUT2D eigenvalue weighted by atomic mass is 9.75. The van der Waals surface area contributed by atoms with Crippen LogP contribution in [0.3, 0.4) is 0 Å². The Bertz CT molecular complexity index is 1420. The molecule has 0 aromatic carbocycles. The Morgan fingerprint density at radius 1 is 1.05 bits per heavy atom. The van der Waals surface area contributed by atoms with Crippen LogP contribution in [-0.2, 0) is 10.0 Å². The average Bonchev–Trinajstić information content (AvgIpc) is 3.30. The molecule has 3 aromatic rings. The molecule has 9 nitrogen and oxygen atoms in total. The minimum atomic E-state index is -4.15. The maximum Gasteiger partial charge on any atom is 0.281 e. The second-order valence-electron chi connectivity index (χ2n) is 10.0. The van der Waals surface area contributed by atoms with Crippen molar-refractivity contribution in [2.24, 2.45) is 0 Å². The maximum atomic E-state index is 13.4. The van der Waals surface area contributed by atoms with Crippen LogP contribution in [0.2, 0.25) is 0 Å². The highest BCUT2D eigenvalue weighted by Crippen LogP contribution is 2.48. The van der Waals surface area contributed by atoms with Gasteiger partial charge < -0.3 is 9.64 Å². The van der Waals surface area contributed by atoms with Gasteiger partial charge in [-0.2, -0.15) is 8.42 Å². The van der Waals surface area contributed by atoms with Gasteiger partial charge in [0.25, 0.3) is 15.9 Å². The third-order valence-electron chi connectivity index (χ3n) is 7.01. The number of aryl methyl sites for hydroxylation is 1. The zero-order chi connectivity index (χ0) is 26.2. The predicted octanol–water partition coefficient (Wildman–Crippen LogP) is 4.28. The molecule has 3 aromatic heterocycles. The van der Waals surface area contributed by atoms with Crippen molar-refractivity contribution < 1.29 is 17.9 Å². The molecule has 1 amide bonds. The molecule has 1 saturated heterocycles. The van der Waals surface area contributed by atoms with E-state index < -0.39 is 15.9 Å². The second kappa shape index (κ2) is 9.74. The fourth-order valence-electron chi connectivity index (χ4n) is 5.11. The highest BCUT2D eigenvalue weighted by atomic mass is 32.2. The van der Waals surface area contributed by atoms with Crippen LogP contribution < -0.4 is 14.4 Å². The normalized spacial score (nSPS) is 16.6. The molecule has 1 spiro atoms. The molecule has 2 aliphatic rings. The molecule has 1 aliphatic carbocycles. The third-order valence-corrected chi connectivity index (χ3v) is 8.24.